The van der Waals surface area contributed by atoms with Crippen molar-refractivity contribution in [2.24, 2.45) is 0 Å². The fourth-order valence-electron chi connectivity index (χ4n) is 1.92. The van der Waals surface area contributed by atoms with Gasteiger partial charge in [0.2, 0.25) is 0 Å². The number of unbranched alkanes of at least 4 members (excludes halogenated alkanes) is 2. The summed E-state index contributed by atoms with van der Waals surface area (Å²) >= 11 is 0. The molecule has 2 rings (SSSR count). The Labute approximate surface area is 107 Å². The van der Waals surface area contributed by atoms with Crippen LogP contribution in [0.25, 0.3) is 11.3 Å². The number of benzene rings is 1. The number of nitrogens with one attached hydrogen (secondary N) is 1. The Bertz CT molecular complexity index is 523. The largest absolute Gasteiger partial charge is 0.326 e. The molecule has 1 N–H and O–H groups in total. The van der Waals surface area contributed by atoms with Gasteiger partial charge in [-0.3, -0.25) is 4.79 Å². The van der Waals surface area contributed by atoms with Crippen molar-refractivity contribution in [1.29, 1.82) is 0 Å². The maximum absolute atomic E-state index is 10.9. The number of hydrogen-bond donors (Lipinski definition) is 1. The van der Waals surface area contributed by atoms with Crippen LogP contribution in [0.15, 0.2) is 41.5 Å². The van der Waals surface area contributed by atoms with Gasteiger partial charge in [-0.05, 0) is 18.4 Å². The molecule has 0 radical (unpaired) electrons. The molecule has 18 heavy (non-hydrogen) atoms. The first kappa shape index (κ1) is 12.6. The monoisotopic (exact) mass is 242 g/mol. The van der Waals surface area contributed by atoms with E-state index in [1.165, 1.54) is 31.0 Å². The number of aryl methyl sites for hydroxylation is 1. The summed E-state index contributed by atoms with van der Waals surface area (Å²) in [6.07, 6.45) is 7.86. The zero-order valence-corrected chi connectivity index (χ0v) is 10.6. The maximum atomic E-state index is 10.9. The molecule has 0 saturated heterocycles. The lowest BCUT2D eigenvalue weighted by molar-refractivity contribution is 0.717. The van der Waals surface area contributed by atoms with Crippen LogP contribution in [0.2, 0.25) is 0 Å². The standard InChI is InChI=1S/C15H18N2O/c1-2-3-4-5-12-6-8-13(9-7-12)14-10-17-15(18)11-16-14/h6-11H,2-5H2,1H3,(H,17,18). The fourth-order valence-corrected chi connectivity index (χ4v) is 1.92. The van der Waals surface area contributed by atoms with Gasteiger partial charge < -0.3 is 4.98 Å². The molecule has 94 valence electrons. The molecule has 0 fully saturated rings. The minimum Gasteiger partial charge on any atom is -0.326 e. The molecule has 3 heteroatoms. The Hall–Kier alpha value is -1.90. The summed E-state index contributed by atoms with van der Waals surface area (Å²) in [6, 6.07) is 8.39. The molecule has 0 unspecified atom stereocenters. The molecule has 0 spiro atoms. The van der Waals surface area contributed by atoms with Crippen molar-refractivity contribution in [2.75, 3.05) is 0 Å². The fraction of sp³-hybridized carbons (Fsp3) is 0.333. The van der Waals surface area contributed by atoms with E-state index >= 15 is 0 Å². The number of hydrogen-bond acceptors (Lipinski definition) is 2. The van der Waals surface area contributed by atoms with Gasteiger partial charge in [-0.1, -0.05) is 44.0 Å². The summed E-state index contributed by atoms with van der Waals surface area (Å²) in [7, 11) is 0. The highest BCUT2D eigenvalue weighted by Gasteiger charge is 1.99. The van der Waals surface area contributed by atoms with Gasteiger partial charge in [-0.2, -0.15) is 0 Å². The van der Waals surface area contributed by atoms with Crippen LogP contribution in [0, 0.1) is 0 Å². The van der Waals surface area contributed by atoms with Crippen molar-refractivity contribution in [2.45, 2.75) is 32.6 Å². The van der Waals surface area contributed by atoms with Crippen LogP contribution in [0.1, 0.15) is 31.7 Å². The van der Waals surface area contributed by atoms with Gasteiger partial charge in [0.1, 0.15) is 0 Å². The summed E-state index contributed by atoms with van der Waals surface area (Å²) in [6.45, 7) is 2.21. The number of H-pyrrole nitrogens is 1. The van der Waals surface area contributed by atoms with Crippen LogP contribution in [-0.2, 0) is 6.42 Å². The molecule has 0 amide bonds. The normalized spacial score (nSPS) is 10.5. The van der Waals surface area contributed by atoms with E-state index < -0.39 is 0 Å². The molecular weight excluding hydrogens is 224 g/mol. The van der Waals surface area contributed by atoms with Crippen molar-refractivity contribution >= 4 is 0 Å². The molecule has 1 aromatic heterocycles. The Morgan fingerprint density at radius 2 is 1.94 bits per heavy atom. The highest BCUT2D eigenvalue weighted by atomic mass is 16.1. The summed E-state index contributed by atoms with van der Waals surface area (Å²) < 4.78 is 0. The summed E-state index contributed by atoms with van der Waals surface area (Å²) in [5.74, 6) is 0. The van der Waals surface area contributed by atoms with Gasteiger partial charge in [-0.25, -0.2) is 4.98 Å². The van der Waals surface area contributed by atoms with Crippen molar-refractivity contribution in [3.05, 3.63) is 52.6 Å². The van der Waals surface area contributed by atoms with Crippen LogP contribution < -0.4 is 5.56 Å². The Balaban J connectivity index is 2.07. The SMILES string of the molecule is CCCCCc1ccc(-c2c[nH]c(=O)cn2)cc1. The lowest BCUT2D eigenvalue weighted by Gasteiger charge is -2.03. The molecule has 0 bridgehead atoms. The topological polar surface area (TPSA) is 45.8 Å². The Morgan fingerprint density at radius 3 is 2.56 bits per heavy atom. The van der Waals surface area contributed by atoms with Gasteiger partial charge in [0.25, 0.3) is 5.56 Å². The zero-order chi connectivity index (χ0) is 12.8. The van der Waals surface area contributed by atoms with E-state index in [2.05, 4.69) is 41.2 Å². The molecule has 0 aliphatic rings. The number of rotatable bonds is 5. The molecule has 1 heterocycles. The Kier molecular flexibility index (Phi) is 4.29. The van der Waals surface area contributed by atoms with Crippen LogP contribution in [0.4, 0.5) is 0 Å². The van der Waals surface area contributed by atoms with E-state index in [1.54, 1.807) is 6.20 Å². The zero-order valence-electron chi connectivity index (χ0n) is 10.6. The van der Waals surface area contributed by atoms with Crippen molar-refractivity contribution in [3.63, 3.8) is 0 Å². The molecule has 0 aliphatic carbocycles. The highest BCUT2D eigenvalue weighted by Crippen LogP contribution is 2.16. The second-order valence-electron chi connectivity index (χ2n) is 4.45. The third-order valence-electron chi connectivity index (χ3n) is 2.99. The number of aromatic nitrogens is 2. The van der Waals surface area contributed by atoms with Gasteiger partial charge in [0.15, 0.2) is 0 Å². The van der Waals surface area contributed by atoms with E-state index in [0.29, 0.717) is 0 Å². The third-order valence-corrected chi connectivity index (χ3v) is 2.99. The minimum atomic E-state index is -0.171. The van der Waals surface area contributed by atoms with Gasteiger partial charge >= 0.3 is 0 Å². The quantitative estimate of drug-likeness (QED) is 0.818. The summed E-state index contributed by atoms with van der Waals surface area (Å²) in [4.78, 5) is 17.7. The predicted molar refractivity (Wildman–Crippen MR) is 73.5 cm³/mol. The first-order valence-corrected chi connectivity index (χ1v) is 6.43. The highest BCUT2D eigenvalue weighted by molar-refractivity contribution is 5.58. The van der Waals surface area contributed by atoms with Gasteiger partial charge in [0, 0.05) is 11.8 Å². The van der Waals surface area contributed by atoms with Crippen molar-refractivity contribution in [1.82, 2.24) is 9.97 Å². The average Bonchev–Trinajstić information content (AvgIpc) is 2.41. The van der Waals surface area contributed by atoms with E-state index in [0.717, 1.165) is 17.7 Å². The van der Waals surface area contributed by atoms with E-state index in [-0.39, 0.29) is 5.56 Å². The lowest BCUT2D eigenvalue weighted by Crippen LogP contribution is -2.04. The van der Waals surface area contributed by atoms with Crippen LogP contribution in [0.3, 0.4) is 0 Å². The summed E-state index contributed by atoms with van der Waals surface area (Å²) in [5, 5.41) is 0. The number of nitrogens with zero attached hydrogens (tertiary/aromatic N) is 1. The van der Waals surface area contributed by atoms with E-state index in [9.17, 15) is 4.79 Å². The molecule has 2 aromatic rings. The number of aromatic amines is 1. The molecule has 0 aliphatic heterocycles. The van der Waals surface area contributed by atoms with Gasteiger partial charge in [0.05, 0.1) is 11.9 Å². The van der Waals surface area contributed by atoms with E-state index in [4.69, 9.17) is 0 Å². The van der Waals surface area contributed by atoms with Crippen LogP contribution in [0.5, 0.6) is 0 Å². The van der Waals surface area contributed by atoms with Crippen LogP contribution >= 0.6 is 0 Å². The second kappa shape index (κ2) is 6.15. The molecule has 1 aromatic carbocycles. The average molecular weight is 242 g/mol. The predicted octanol–water partition coefficient (Wildman–Crippen LogP) is 3.17. The first-order chi connectivity index (χ1) is 8.79. The second-order valence-corrected chi connectivity index (χ2v) is 4.45. The van der Waals surface area contributed by atoms with Crippen molar-refractivity contribution < 1.29 is 0 Å². The minimum absolute atomic E-state index is 0.171. The Morgan fingerprint density at radius 1 is 1.17 bits per heavy atom. The van der Waals surface area contributed by atoms with Crippen molar-refractivity contribution in [3.8, 4) is 11.3 Å². The maximum Gasteiger partial charge on any atom is 0.266 e. The molecule has 0 atom stereocenters. The van der Waals surface area contributed by atoms with Gasteiger partial charge in [-0.15, -0.1) is 0 Å². The first-order valence-electron chi connectivity index (χ1n) is 6.43. The molecular formula is C15H18N2O. The van der Waals surface area contributed by atoms with E-state index in [1.807, 2.05) is 0 Å². The van der Waals surface area contributed by atoms with Crippen LogP contribution in [-0.4, -0.2) is 9.97 Å². The third kappa shape index (κ3) is 3.29. The summed E-state index contributed by atoms with van der Waals surface area (Å²) in [5.41, 5.74) is 3.02. The lowest BCUT2D eigenvalue weighted by atomic mass is 10.0. The smallest absolute Gasteiger partial charge is 0.266 e. The molecule has 3 nitrogen and oxygen atoms in total. The molecule has 0 saturated carbocycles.